The largest absolute Gasteiger partial charge is 0.469 e. The molecule has 0 unspecified atom stereocenters. The maximum atomic E-state index is 13.5. The second-order valence-corrected chi connectivity index (χ2v) is 9.42. The van der Waals surface area contributed by atoms with E-state index in [1.165, 1.54) is 52.8 Å². The quantitative estimate of drug-likeness (QED) is 0.564. The lowest BCUT2D eigenvalue weighted by Crippen LogP contribution is -2.56. The molecule has 1 aromatic heterocycles. The van der Waals surface area contributed by atoms with E-state index in [-0.39, 0.29) is 30.4 Å². The summed E-state index contributed by atoms with van der Waals surface area (Å²) in [6.07, 6.45) is -0.476. The summed E-state index contributed by atoms with van der Waals surface area (Å²) in [6.45, 7) is 1.86. The zero-order chi connectivity index (χ0) is 22.9. The third-order valence-corrected chi connectivity index (χ3v) is 6.87. The number of halogens is 2. The highest BCUT2D eigenvalue weighted by atomic mass is 32.2. The van der Waals surface area contributed by atoms with E-state index in [9.17, 15) is 22.5 Å². The molecule has 10 heteroatoms. The number of nitriles is 1. The number of hydrogen-bond acceptors (Lipinski definition) is 6. The third kappa shape index (κ3) is 4.30. The fraction of sp³-hybridized carbons (Fsp3) is 0.227. The summed E-state index contributed by atoms with van der Waals surface area (Å²) in [7, 11) is -3.32. The predicted molar refractivity (Wildman–Crippen MR) is 113 cm³/mol. The molecule has 2 aromatic carbocycles. The van der Waals surface area contributed by atoms with Crippen LogP contribution in [-0.2, 0) is 10.0 Å². The summed E-state index contributed by atoms with van der Waals surface area (Å²) in [4.78, 5) is 8.87. The highest BCUT2D eigenvalue weighted by molar-refractivity contribution is 7.89. The molecule has 164 valence electrons. The molecule has 3 aromatic rings. The van der Waals surface area contributed by atoms with Gasteiger partial charge in [-0.15, -0.1) is 0 Å². The molecule has 2 heterocycles. The summed E-state index contributed by atoms with van der Waals surface area (Å²) < 4.78 is 57.8. The summed E-state index contributed by atoms with van der Waals surface area (Å²) in [5, 5.41) is 9.61. The van der Waals surface area contributed by atoms with Crippen molar-refractivity contribution in [1.82, 2.24) is 14.3 Å². The minimum absolute atomic E-state index is 0.00987. The Bertz CT molecular complexity index is 1280. The van der Waals surface area contributed by atoms with Crippen LogP contribution in [0.2, 0.25) is 0 Å². The number of benzene rings is 2. The van der Waals surface area contributed by atoms with Crippen molar-refractivity contribution in [2.45, 2.75) is 13.0 Å². The van der Waals surface area contributed by atoms with Crippen molar-refractivity contribution in [3.63, 3.8) is 0 Å². The van der Waals surface area contributed by atoms with Crippen LogP contribution in [0.15, 0.2) is 48.5 Å². The number of hydrogen-bond donors (Lipinski definition) is 0. The van der Waals surface area contributed by atoms with Gasteiger partial charge in [-0.2, -0.15) is 9.57 Å². The Labute approximate surface area is 184 Å². The monoisotopic (exact) mass is 456 g/mol. The van der Waals surface area contributed by atoms with Gasteiger partial charge in [0, 0.05) is 11.1 Å². The fourth-order valence-electron chi connectivity index (χ4n) is 3.24. The molecule has 0 N–H and O–H groups in total. The number of rotatable bonds is 6. The van der Waals surface area contributed by atoms with E-state index in [2.05, 4.69) is 9.97 Å². The first-order chi connectivity index (χ1) is 15.3. The van der Waals surface area contributed by atoms with Crippen LogP contribution >= 0.6 is 0 Å². The molecule has 4 rings (SSSR count). The van der Waals surface area contributed by atoms with E-state index in [0.29, 0.717) is 22.5 Å². The van der Waals surface area contributed by atoms with Crippen LogP contribution in [0.5, 0.6) is 5.88 Å². The van der Waals surface area contributed by atoms with Crippen molar-refractivity contribution >= 4 is 10.0 Å². The van der Waals surface area contributed by atoms with E-state index >= 15 is 0 Å². The SMILES string of the molecule is CCS(=O)(=O)N1CC(Oc2nc(-c3ccc(F)cc3)c(-c3ccc(F)cc3)nc2C#N)C1. The van der Waals surface area contributed by atoms with Gasteiger partial charge in [0.25, 0.3) is 5.88 Å². The molecule has 1 aliphatic rings. The maximum Gasteiger partial charge on any atom is 0.252 e. The average Bonchev–Trinajstić information content (AvgIpc) is 2.76. The Morgan fingerprint density at radius 1 is 1.00 bits per heavy atom. The zero-order valence-electron chi connectivity index (χ0n) is 17.0. The van der Waals surface area contributed by atoms with Crippen LogP contribution in [0, 0.1) is 23.0 Å². The molecule has 0 radical (unpaired) electrons. The van der Waals surface area contributed by atoms with Crippen LogP contribution in [-0.4, -0.2) is 47.6 Å². The van der Waals surface area contributed by atoms with Crippen LogP contribution in [0.1, 0.15) is 12.6 Å². The van der Waals surface area contributed by atoms with E-state index in [0.717, 1.165) is 0 Å². The highest BCUT2D eigenvalue weighted by Gasteiger charge is 2.37. The van der Waals surface area contributed by atoms with Crippen molar-refractivity contribution in [2.24, 2.45) is 0 Å². The highest BCUT2D eigenvalue weighted by Crippen LogP contribution is 2.33. The van der Waals surface area contributed by atoms with Crippen molar-refractivity contribution in [3.8, 4) is 34.5 Å². The molecule has 0 spiro atoms. The molecular weight excluding hydrogens is 438 g/mol. The molecule has 0 atom stereocenters. The van der Waals surface area contributed by atoms with Crippen molar-refractivity contribution in [1.29, 1.82) is 5.26 Å². The Morgan fingerprint density at radius 2 is 1.50 bits per heavy atom. The number of aromatic nitrogens is 2. The van der Waals surface area contributed by atoms with Gasteiger partial charge in [-0.05, 0) is 55.5 Å². The summed E-state index contributed by atoms with van der Waals surface area (Å²) in [5.74, 6) is -0.913. The van der Waals surface area contributed by atoms with Gasteiger partial charge in [-0.3, -0.25) is 0 Å². The smallest absolute Gasteiger partial charge is 0.252 e. The number of ether oxygens (including phenoxy) is 1. The van der Waals surface area contributed by atoms with E-state index in [1.807, 2.05) is 6.07 Å². The lowest BCUT2D eigenvalue weighted by molar-refractivity contribution is 0.0716. The Hall–Kier alpha value is -3.42. The van der Waals surface area contributed by atoms with Crippen molar-refractivity contribution < 1.29 is 21.9 Å². The van der Waals surface area contributed by atoms with E-state index < -0.39 is 27.8 Å². The van der Waals surface area contributed by atoms with E-state index in [4.69, 9.17) is 4.74 Å². The second kappa shape index (κ2) is 8.61. The summed E-state index contributed by atoms with van der Waals surface area (Å²) in [5.41, 5.74) is 1.58. The maximum absolute atomic E-state index is 13.5. The number of sulfonamides is 1. The lowest BCUT2D eigenvalue weighted by Gasteiger charge is -2.37. The van der Waals surface area contributed by atoms with Gasteiger partial charge in [0.15, 0.2) is 0 Å². The summed E-state index contributed by atoms with van der Waals surface area (Å²) >= 11 is 0. The minimum atomic E-state index is -3.32. The first-order valence-electron chi connectivity index (χ1n) is 9.79. The number of nitrogens with zero attached hydrogens (tertiary/aromatic N) is 4. The minimum Gasteiger partial charge on any atom is -0.469 e. The average molecular weight is 456 g/mol. The second-order valence-electron chi connectivity index (χ2n) is 7.16. The van der Waals surface area contributed by atoms with Crippen LogP contribution in [0.3, 0.4) is 0 Å². The van der Waals surface area contributed by atoms with Gasteiger partial charge in [-0.1, -0.05) is 0 Å². The van der Waals surface area contributed by atoms with Gasteiger partial charge in [0.05, 0.1) is 24.5 Å². The van der Waals surface area contributed by atoms with Crippen molar-refractivity contribution in [2.75, 3.05) is 18.8 Å². The van der Waals surface area contributed by atoms with Crippen LogP contribution in [0.4, 0.5) is 8.78 Å². The third-order valence-electron chi connectivity index (χ3n) is 5.06. The Kier molecular flexibility index (Phi) is 5.86. The first-order valence-corrected chi connectivity index (χ1v) is 11.4. The molecule has 0 bridgehead atoms. The molecule has 1 fully saturated rings. The molecule has 32 heavy (non-hydrogen) atoms. The Morgan fingerprint density at radius 3 is 1.97 bits per heavy atom. The standard InChI is InChI=1S/C22H18F2N4O3S/c1-2-32(29,30)28-12-18(13-28)31-22-19(11-25)26-20(14-3-7-16(23)8-4-14)21(27-22)15-5-9-17(24)10-6-15/h3-10,18H,2,12-13H2,1H3. The van der Waals surface area contributed by atoms with Crippen molar-refractivity contribution in [3.05, 3.63) is 65.9 Å². The van der Waals surface area contributed by atoms with Gasteiger partial charge in [0.1, 0.15) is 29.5 Å². The van der Waals surface area contributed by atoms with Gasteiger partial charge >= 0.3 is 0 Å². The van der Waals surface area contributed by atoms with Crippen LogP contribution in [0.25, 0.3) is 22.5 Å². The fourth-order valence-corrected chi connectivity index (χ4v) is 4.39. The van der Waals surface area contributed by atoms with E-state index in [1.54, 1.807) is 6.92 Å². The lowest BCUT2D eigenvalue weighted by atomic mass is 10.0. The van der Waals surface area contributed by atoms with Gasteiger partial charge in [-0.25, -0.2) is 27.2 Å². The normalized spacial score (nSPS) is 14.6. The van der Waals surface area contributed by atoms with Gasteiger partial charge in [0.2, 0.25) is 15.7 Å². The molecule has 0 saturated carbocycles. The predicted octanol–water partition coefficient (Wildman–Crippen LogP) is 3.37. The van der Waals surface area contributed by atoms with Crippen LogP contribution < -0.4 is 4.74 Å². The van der Waals surface area contributed by atoms with Gasteiger partial charge < -0.3 is 4.74 Å². The molecule has 0 amide bonds. The molecular formula is C22H18F2N4O3S. The molecule has 1 saturated heterocycles. The molecule has 7 nitrogen and oxygen atoms in total. The molecule has 1 aliphatic heterocycles. The topological polar surface area (TPSA) is 96.2 Å². The zero-order valence-corrected chi connectivity index (χ0v) is 17.8. The summed E-state index contributed by atoms with van der Waals surface area (Å²) in [6, 6.07) is 13.1. The first kappa shape index (κ1) is 21.8. The Balaban J connectivity index is 1.73. The molecule has 0 aliphatic carbocycles.